The third-order valence-electron chi connectivity index (χ3n) is 2.18. The van der Waals surface area contributed by atoms with Gasteiger partial charge in [-0.25, -0.2) is 13.2 Å². The lowest BCUT2D eigenvalue weighted by molar-refractivity contribution is -0.128. The molecule has 1 N–H and O–H groups in total. The third-order valence-corrected chi connectivity index (χ3v) is 3.76. The molecule has 8 heteroatoms. The maximum absolute atomic E-state index is 11.7. The molecule has 100 valence electrons. The Morgan fingerprint density at radius 3 is 2.39 bits per heavy atom. The molecule has 0 aliphatic carbocycles. The van der Waals surface area contributed by atoms with Crippen LogP contribution in [-0.2, 0) is 14.6 Å². The van der Waals surface area contributed by atoms with E-state index in [1.165, 1.54) is 19.0 Å². The van der Waals surface area contributed by atoms with Crippen molar-refractivity contribution in [3.05, 3.63) is 17.9 Å². The van der Waals surface area contributed by atoms with Gasteiger partial charge in [0.05, 0.1) is 5.75 Å². The first-order chi connectivity index (χ1) is 8.24. The maximum Gasteiger partial charge on any atom is 0.371 e. The smallest absolute Gasteiger partial charge is 0.371 e. The molecular weight excluding hydrogens is 262 g/mol. The van der Waals surface area contributed by atoms with E-state index >= 15 is 0 Å². The summed E-state index contributed by atoms with van der Waals surface area (Å²) in [7, 11) is -0.743. The molecule has 0 aliphatic rings. The summed E-state index contributed by atoms with van der Waals surface area (Å²) in [6.07, 6.45) is -0.182. The van der Waals surface area contributed by atoms with Gasteiger partial charge in [-0.2, -0.15) is 0 Å². The van der Waals surface area contributed by atoms with Crippen molar-refractivity contribution in [3.63, 3.8) is 0 Å². The van der Waals surface area contributed by atoms with Crippen LogP contribution in [-0.4, -0.2) is 50.1 Å². The van der Waals surface area contributed by atoms with Crippen LogP contribution in [0, 0.1) is 0 Å². The van der Waals surface area contributed by atoms with E-state index in [1.807, 2.05) is 0 Å². The summed E-state index contributed by atoms with van der Waals surface area (Å²) in [5.41, 5.74) is 0. The second kappa shape index (κ2) is 5.21. The van der Waals surface area contributed by atoms with E-state index in [0.717, 1.165) is 12.1 Å². The molecule has 0 aliphatic heterocycles. The van der Waals surface area contributed by atoms with Crippen molar-refractivity contribution in [3.8, 4) is 0 Å². The lowest BCUT2D eigenvalue weighted by Crippen LogP contribution is -2.24. The second-order valence-corrected chi connectivity index (χ2v) is 5.82. The van der Waals surface area contributed by atoms with Gasteiger partial charge in [-0.15, -0.1) is 0 Å². The van der Waals surface area contributed by atoms with Gasteiger partial charge in [0.2, 0.25) is 26.6 Å². The van der Waals surface area contributed by atoms with Crippen LogP contribution in [0.25, 0.3) is 0 Å². The molecule has 18 heavy (non-hydrogen) atoms. The normalized spacial score (nSPS) is 11.2. The van der Waals surface area contributed by atoms with Gasteiger partial charge < -0.3 is 14.4 Å². The van der Waals surface area contributed by atoms with Crippen LogP contribution in [0.4, 0.5) is 0 Å². The van der Waals surface area contributed by atoms with E-state index in [0.29, 0.717) is 0 Å². The molecule has 0 bridgehead atoms. The van der Waals surface area contributed by atoms with Crippen LogP contribution < -0.4 is 0 Å². The van der Waals surface area contributed by atoms with E-state index in [-0.39, 0.29) is 12.3 Å². The number of hydrogen-bond donors (Lipinski definition) is 1. The standard InChI is InChI=1S/C10H13NO6S/c1-11(2)8(12)5-6-18(15,16)9-4-3-7(17-9)10(13)14/h3-4H,5-6H2,1-2H3,(H,13,14). The first-order valence-electron chi connectivity index (χ1n) is 5.00. The zero-order valence-electron chi connectivity index (χ0n) is 9.91. The summed E-state index contributed by atoms with van der Waals surface area (Å²) in [6, 6.07) is 2.13. The summed E-state index contributed by atoms with van der Waals surface area (Å²) in [4.78, 5) is 23.1. The zero-order chi connectivity index (χ0) is 13.9. The highest BCUT2D eigenvalue weighted by Gasteiger charge is 2.22. The minimum atomic E-state index is -3.78. The van der Waals surface area contributed by atoms with E-state index in [2.05, 4.69) is 0 Å². The number of carbonyl (C=O) groups is 2. The number of nitrogens with zero attached hydrogens (tertiary/aromatic N) is 1. The Bertz CT molecular complexity index is 557. The van der Waals surface area contributed by atoms with E-state index in [1.54, 1.807) is 0 Å². The van der Waals surface area contributed by atoms with Gasteiger partial charge in [0.1, 0.15) is 0 Å². The van der Waals surface area contributed by atoms with Crippen LogP contribution in [0.2, 0.25) is 0 Å². The van der Waals surface area contributed by atoms with Gasteiger partial charge in [0.25, 0.3) is 0 Å². The third kappa shape index (κ3) is 3.33. The number of carboxylic acids is 1. The molecule has 1 heterocycles. The molecule has 7 nitrogen and oxygen atoms in total. The molecule has 1 aromatic heterocycles. The molecule has 0 spiro atoms. The van der Waals surface area contributed by atoms with Gasteiger partial charge in [-0.05, 0) is 12.1 Å². The number of rotatable bonds is 5. The van der Waals surface area contributed by atoms with Crippen molar-refractivity contribution in [2.24, 2.45) is 0 Å². The maximum atomic E-state index is 11.7. The number of amides is 1. The number of carbonyl (C=O) groups excluding carboxylic acids is 1. The van der Waals surface area contributed by atoms with Gasteiger partial charge in [0, 0.05) is 20.5 Å². The fraction of sp³-hybridized carbons (Fsp3) is 0.400. The van der Waals surface area contributed by atoms with Crippen LogP contribution in [0.15, 0.2) is 21.6 Å². The van der Waals surface area contributed by atoms with Crippen molar-refractivity contribution < 1.29 is 27.5 Å². The van der Waals surface area contributed by atoms with Crippen molar-refractivity contribution in [2.45, 2.75) is 11.5 Å². The van der Waals surface area contributed by atoms with Gasteiger partial charge in [-0.1, -0.05) is 0 Å². The summed E-state index contributed by atoms with van der Waals surface area (Å²) < 4.78 is 28.2. The molecule has 0 radical (unpaired) electrons. The number of hydrogen-bond acceptors (Lipinski definition) is 5. The molecule has 0 saturated heterocycles. The largest absolute Gasteiger partial charge is 0.475 e. The van der Waals surface area contributed by atoms with Crippen LogP contribution in [0.5, 0.6) is 0 Å². The Labute approximate surface area is 104 Å². The number of furan rings is 1. The van der Waals surface area contributed by atoms with Crippen molar-refractivity contribution in [1.82, 2.24) is 4.90 Å². The Morgan fingerprint density at radius 1 is 1.33 bits per heavy atom. The van der Waals surface area contributed by atoms with Gasteiger partial charge in [-0.3, -0.25) is 4.79 Å². The number of aromatic carboxylic acids is 1. The summed E-state index contributed by atoms with van der Waals surface area (Å²) in [6.45, 7) is 0. The average molecular weight is 275 g/mol. The molecule has 0 saturated carbocycles. The summed E-state index contributed by atoms with van der Waals surface area (Å²) in [5, 5.41) is 8.17. The fourth-order valence-electron chi connectivity index (χ4n) is 1.15. The highest BCUT2D eigenvalue weighted by molar-refractivity contribution is 7.91. The highest BCUT2D eigenvalue weighted by Crippen LogP contribution is 2.16. The molecule has 1 aromatic rings. The molecule has 0 atom stereocenters. The minimum Gasteiger partial charge on any atom is -0.475 e. The zero-order valence-corrected chi connectivity index (χ0v) is 10.7. The first-order valence-corrected chi connectivity index (χ1v) is 6.65. The SMILES string of the molecule is CN(C)C(=O)CCS(=O)(=O)c1ccc(C(=O)O)o1. The number of carboxylic acid groups (broad SMARTS) is 1. The quantitative estimate of drug-likeness (QED) is 0.824. The predicted molar refractivity (Wildman–Crippen MR) is 61.0 cm³/mol. The number of sulfone groups is 1. The van der Waals surface area contributed by atoms with Crippen molar-refractivity contribution >= 4 is 21.7 Å². The fourth-order valence-corrected chi connectivity index (χ4v) is 2.28. The topological polar surface area (TPSA) is 105 Å². The summed E-state index contributed by atoms with van der Waals surface area (Å²) >= 11 is 0. The second-order valence-electron chi connectivity index (χ2n) is 3.78. The van der Waals surface area contributed by atoms with Crippen molar-refractivity contribution in [2.75, 3.05) is 19.8 Å². The Morgan fingerprint density at radius 2 is 1.94 bits per heavy atom. The average Bonchev–Trinajstić information content (AvgIpc) is 2.75. The lowest BCUT2D eigenvalue weighted by Gasteiger charge is -2.09. The van der Waals surface area contributed by atoms with E-state index in [4.69, 9.17) is 9.52 Å². The van der Waals surface area contributed by atoms with Gasteiger partial charge >= 0.3 is 5.97 Å². The minimum absolute atomic E-state index is 0.182. The molecule has 0 aromatic carbocycles. The highest BCUT2D eigenvalue weighted by atomic mass is 32.2. The van der Waals surface area contributed by atoms with E-state index < -0.39 is 32.4 Å². The van der Waals surface area contributed by atoms with Crippen LogP contribution in [0.1, 0.15) is 17.0 Å². The molecule has 1 rings (SSSR count). The molecule has 0 unspecified atom stereocenters. The van der Waals surface area contributed by atoms with Gasteiger partial charge in [0.15, 0.2) is 0 Å². The monoisotopic (exact) mass is 275 g/mol. The first kappa shape index (κ1) is 14.2. The predicted octanol–water partition coefficient (Wildman–Crippen LogP) is 0.230. The van der Waals surface area contributed by atoms with Crippen LogP contribution >= 0.6 is 0 Å². The molecule has 0 fully saturated rings. The van der Waals surface area contributed by atoms with E-state index in [9.17, 15) is 18.0 Å². The lowest BCUT2D eigenvalue weighted by atomic mass is 10.4. The molecule has 1 amide bonds. The van der Waals surface area contributed by atoms with Crippen molar-refractivity contribution in [1.29, 1.82) is 0 Å². The van der Waals surface area contributed by atoms with Crippen LogP contribution in [0.3, 0.4) is 0 Å². The Kier molecular flexibility index (Phi) is 4.12. The molecular formula is C10H13NO6S. The Hall–Kier alpha value is -1.83. The Balaban J connectivity index is 2.80. The summed E-state index contributed by atoms with van der Waals surface area (Å²) in [5.74, 6) is -2.55.